The van der Waals surface area contributed by atoms with Crippen molar-refractivity contribution in [3.8, 4) is 0 Å². The smallest absolute Gasteiger partial charge is 0.152 e. The number of aliphatic hydroxyl groups excluding tert-OH is 1. The number of carbonyl (C=O) groups excluding carboxylic acids is 1. The first-order valence-electron chi connectivity index (χ1n) is 9.52. The lowest BCUT2D eigenvalue weighted by atomic mass is 9.59. The molecule has 134 valence electrons. The fourth-order valence-corrected chi connectivity index (χ4v) is 4.83. The Morgan fingerprint density at radius 2 is 2.20 bits per heavy atom. The van der Waals surface area contributed by atoms with Gasteiger partial charge >= 0.3 is 0 Å². The molecule has 1 saturated carbocycles. The molecule has 0 bridgehead atoms. The van der Waals surface area contributed by atoms with Crippen LogP contribution in [0.2, 0.25) is 0 Å². The first-order valence-corrected chi connectivity index (χ1v) is 9.52. The Morgan fingerprint density at radius 1 is 1.40 bits per heavy atom. The van der Waals surface area contributed by atoms with Crippen LogP contribution < -0.4 is 0 Å². The SMILES string of the molecule is CC(C)c1nc2c(c(C3=CCOCC3)c1C=O)[C@@H](O)CC1(CCC1)C2. The van der Waals surface area contributed by atoms with Crippen LogP contribution in [0.15, 0.2) is 6.08 Å². The van der Waals surface area contributed by atoms with Crippen molar-refractivity contribution in [2.45, 2.75) is 64.4 Å². The number of pyridine rings is 1. The zero-order chi connectivity index (χ0) is 17.6. The summed E-state index contributed by atoms with van der Waals surface area (Å²) in [4.78, 5) is 16.9. The van der Waals surface area contributed by atoms with Gasteiger partial charge in [-0.25, -0.2) is 0 Å². The molecule has 1 spiro atoms. The summed E-state index contributed by atoms with van der Waals surface area (Å²) in [6.07, 6.45) is 8.63. The van der Waals surface area contributed by atoms with Crippen molar-refractivity contribution in [2.24, 2.45) is 5.41 Å². The van der Waals surface area contributed by atoms with Gasteiger partial charge in [0.2, 0.25) is 0 Å². The molecule has 0 aromatic carbocycles. The third-order valence-corrected chi connectivity index (χ3v) is 6.25. The second-order valence-electron chi connectivity index (χ2n) is 8.22. The van der Waals surface area contributed by atoms with Gasteiger partial charge in [-0.2, -0.15) is 0 Å². The Hall–Kier alpha value is -1.52. The molecule has 2 aliphatic carbocycles. The summed E-state index contributed by atoms with van der Waals surface area (Å²) < 4.78 is 5.46. The van der Waals surface area contributed by atoms with E-state index >= 15 is 0 Å². The van der Waals surface area contributed by atoms with Crippen molar-refractivity contribution in [1.29, 1.82) is 0 Å². The van der Waals surface area contributed by atoms with Crippen molar-refractivity contribution in [2.75, 3.05) is 13.2 Å². The van der Waals surface area contributed by atoms with Gasteiger partial charge in [-0.05, 0) is 54.6 Å². The molecular weight excluding hydrogens is 314 g/mol. The van der Waals surface area contributed by atoms with Crippen LogP contribution >= 0.6 is 0 Å². The largest absolute Gasteiger partial charge is 0.388 e. The minimum atomic E-state index is -0.518. The maximum absolute atomic E-state index is 12.0. The van der Waals surface area contributed by atoms with E-state index in [1.807, 2.05) is 0 Å². The number of nitrogens with zero attached hydrogens (tertiary/aromatic N) is 1. The first-order chi connectivity index (χ1) is 12.0. The fourth-order valence-electron chi connectivity index (χ4n) is 4.83. The second-order valence-corrected chi connectivity index (χ2v) is 8.22. The molecule has 1 aromatic heterocycles. The van der Waals surface area contributed by atoms with Gasteiger partial charge in [-0.15, -0.1) is 0 Å². The highest BCUT2D eigenvalue weighted by molar-refractivity contribution is 5.89. The van der Waals surface area contributed by atoms with Crippen LogP contribution in [-0.4, -0.2) is 29.6 Å². The number of fused-ring (bicyclic) bond motifs is 1. The molecule has 0 amide bonds. The van der Waals surface area contributed by atoms with Crippen LogP contribution in [0.3, 0.4) is 0 Å². The lowest BCUT2D eigenvalue weighted by molar-refractivity contribution is 0.0241. The number of ether oxygens (including phenoxy) is 1. The minimum absolute atomic E-state index is 0.182. The highest BCUT2D eigenvalue weighted by Crippen LogP contribution is 2.54. The van der Waals surface area contributed by atoms with E-state index in [0.717, 1.165) is 53.6 Å². The quantitative estimate of drug-likeness (QED) is 0.845. The van der Waals surface area contributed by atoms with E-state index in [2.05, 4.69) is 19.9 Å². The fraction of sp³-hybridized carbons (Fsp3) is 0.619. The molecule has 0 saturated heterocycles. The minimum Gasteiger partial charge on any atom is -0.388 e. The molecule has 1 fully saturated rings. The van der Waals surface area contributed by atoms with Crippen molar-refractivity contribution >= 4 is 11.9 Å². The molecule has 4 heteroatoms. The summed E-state index contributed by atoms with van der Waals surface area (Å²) in [7, 11) is 0. The molecule has 4 nitrogen and oxygen atoms in total. The Bertz CT molecular complexity index is 731. The average molecular weight is 341 g/mol. The number of hydrogen-bond acceptors (Lipinski definition) is 4. The Balaban J connectivity index is 1.94. The summed E-state index contributed by atoms with van der Waals surface area (Å²) >= 11 is 0. The van der Waals surface area contributed by atoms with Crippen LogP contribution in [0, 0.1) is 5.41 Å². The number of hydrogen-bond donors (Lipinski definition) is 1. The van der Waals surface area contributed by atoms with E-state index in [1.54, 1.807) is 0 Å². The highest BCUT2D eigenvalue weighted by Gasteiger charge is 2.45. The molecule has 1 aliphatic heterocycles. The van der Waals surface area contributed by atoms with Gasteiger partial charge in [0.25, 0.3) is 0 Å². The molecule has 0 unspecified atom stereocenters. The number of rotatable bonds is 3. The molecule has 1 N–H and O–H groups in total. The third-order valence-electron chi connectivity index (χ3n) is 6.25. The molecule has 4 rings (SSSR count). The Kier molecular flexibility index (Phi) is 4.28. The van der Waals surface area contributed by atoms with Crippen LogP contribution in [0.4, 0.5) is 0 Å². The van der Waals surface area contributed by atoms with Gasteiger partial charge in [0.15, 0.2) is 6.29 Å². The van der Waals surface area contributed by atoms with E-state index < -0.39 is 6.10 Å². The van der Waals surface area contributed by atoms with Gasteiger partial charge < -0.3 is 9.84 Å². The van der Waals surface area contributed by atoms with Crippen LogP contribution in [0.25, 0.3) is 5.57 Å². The van der Waals surface area contributed by atoms with Crippen LogP contribution in [0.5, 0.6) is 0 Å². The molecule has 2 heterocycles. The van der Waals surface area contributed by atoms with Crippen LogP contribution in [-0.2, 0) is 11.2 Å². The predicted octanol–water partition coefficient (Wildman–Crippen LogP) is 3.97. The summed E-state index contributed by atoms with van der Waals surface area (Å²) in [5.74, 6) is 0.182. The van der Waals surface area contributed by atoms with E-state index in [1.165, 1.54) is 19.3 Å². The maximum atomic E-state index is 12.0. The summed E-state index contributed by atoms with van der Waals surface area (Å²) in [6, 6.07) is 0. The average Bonchev–Trinajstić information content (AvgIpc) is 2.59. The lowest BCUT2D eigenvalue weighted by Crippen LogP contribution is -2.38. The molecule has 25 heavy (non-hydrogen) atoms. The summed E-state index contributed by atoms with van der Waals surface area (Å²) in [5.41, 5.74) is 5.81. The normalized spacial score (nSPS) is 24.6. The van der Waals surface area contributed by atoms with Gasteiger partial charge in [0, 0.05) is 16.8 Å². The number of aromatic nitrogens is 1. The number of aliphatic hydroxyl groups is 1. The second kappa shape index (κ2) is 6.33. The maximum Gasteiger partial charge on any atom is 0.152 e. The van der Waals surface area contributed by atoms with Crippen molar-refractivity contribution in [3.63, 3.8) is 0 Å². The van der Waals surface area contributed by atoms with Gasteiger partial charge in [0.1, 0.15) is 0 Å². The zero-order valence-electron chi connectivity index (χ0n) is 15.2. The molecular formula is C21H27NO3. The molecule has 1 atom stereocenters. The first kappa shape index (κ1) is 16.9. The number of carbonyl (C=O) groups is 1. The molecule has 3 aliphatic rings. The van der Waals surface area contributed by atoms with Crippen molar-refractivity contribution < 1.29 is 14.6 Å². The van der Waals surface area contributed by atoms with E-state index in [-0.39, 0.29) is 11.3 Å². The molecule has 0 radical (unpaired) electrons. The zero-order valence-corrected chi connectivity index (χ0v) is 15.2. The van der Waals surface area contributed by atoms with Gasteiger partial charge in [-0.3, -0.25) is 9.78 Å². The van der Waals surface area contributed by atoms with E-state index in [0.29, 0.717) is 18.8 Å². The standard InChI is InChI=1S/C21H27NO3/c1-13(2)20-15(12-23)18(14-4-8-25-9-5-14)19-16(22-20)10-21(6-3-7-21)11-17(19)24/h4,12-13,17,24H,3,5-11H2,1-2H3/t17-/m0/s1. The monoisotopic (exact) mass is 341 g/mol. The van der Waals surface area contributed by atoms with Gasteiger partial charge in [-0.1, -0.05) is 26.3 Å². The van der Waals surface area contributed by atoms with Crippen molar-refractivity contribution in [1.82, 2.24) is 4.98 Å². The van der Waals surface area contributed by atoms with Crippen LogP contribution in [0.1, 0.15) is 90.8 Å². The Labute approximate surface area is 149 Å². The number of aldehydes is 1. The molecule has 1 aromatic rings. The summed E-state index contributed by atoms with van der Waals surface area (Å²) in [6.45, 7) is 5.41. The lowest BCUT2D eigenvalue weighted by Gasteiger charge is -2.47. The van der Waals surface area contributed by atoms with Crippen molar-refractivity contribution in [3.05, 3.63) is 34.2 Å². The highest BCUT2D eigenvalue weighted by atomic mass is 16.5. The summed E-state index contributed by atoms with van der Waals surface area (Å²) in [5, 5.41) is 11.0. The van der Waals surface area contributed by atoms with Gasteiger partial charge in [0.05, 0.1) is 25.0 Å². The predicted molar refractivity (Wildman–Crippen MR) is 96.7 cm³/mol. The van der Waals surface area contributed by atoms with E-state index in [4.69, 9.17) is 9.72 Å². The third kappa shape index (κ3) is 2.76. The topological polar surface area (TPSA) is 59.4 Å². The Morgan fingerprint density at radius 3 is 2.76 bits per heavy atom. The van der Waals surface area contributed by atoms with E-state index in [9.17, 15) is 9.90 Å².